The van der Waals surface area contributed by atoms with Gasteiger partial charge in [0.15, 0.2) is 0 Å². The third-order valence-corrected chi connectivity index (χ3v) is 5.47. The molecule has 5 heteroatoms. The number of carbonyl (C=O) groups is 1. The Labute approximate surface area is 170 Å². The quantitative estimate of drug-likeness (QED) is 0.686. The zero-order chi connectivity index (χ0) is 20.2. The molecule has 2 atom stereocenters. The number of anilines is 1. The Morgan fingerprint density at radius 2 is 2.00 bits per heavy atom. The Morgan fingerprint density at radius 3 is 2.79 bits per heavy atom. The lowest BCUT2D eigenvalue weighted by atomic mass is 9.82. The molecule has 1 aliphatic rings. The fourth-order valence-corrected chi connectivity index (χ4v) is 3.94. The van der Waals surface area contributed by atoms with Crippen LogP contribution in [0.3, 0.4) is 0 Å². The highest BCUT2D eigenvalue weighted by molar-refractivity contribution is 5.97. The summed E-state index contributed by atoms with van der Waals surface area (Å²) in [5.74, 6) is 0.447. The number of benzene rings is 2. The molecule has 4 rings (SSSR count). The van der Waals surface area contributed by atoms with Crippen LogP contribution in [0.15, 0.2) is 66.9 Å². The maximum absolute atomic E-state index is 13.2. The third kappa shape index (κ3) is 4.00. The van der Waals surface area contributed by atoms with Gasteiger partial charge in [-0.3, -0.25) is 9.78 Å². The van der Waals surface area contributed by atoms with Gasteiger partial charge in [0.1, 0.15) is 11.9 Å². The maximum atomic E-state index is 13.2. The number of amides is 1. The highest BCUT2D eigenvalue weighted by Crippen LogP contribution is 2.36. The molecule has 0 saturated heterocycles. The van der Waals surface area contributed by atoms with E-state index in [-0.39, 0.29) is 11.8 Å². The molecule has 0 radical (unpaired) electrons. The van der Waals surface area contributed by atoms with Crippen LogP contribution in [0.4, 0.5) is 5.69 Å². The van der Waals surface area contributed by atoms with E-state index in [0.29, 0.717) is 16.9 Å². The summed E-state index contributed by atoms with van der Waals surface area (Å²) < 4.78 is 5.35. The average Bonchev–Trinajstić information content (AvgIpc) is 2.78. The van der Waals surface area contributed by atoms with E-state index in [1.807, 2.05) is 48.5 Å². The summed E-state index contributed by atoms with van der Waals surface area (Å²) in [4.78, 5) is 17.4. The summed E-state index contributed by atoms with van der Waals surface area (Å²) in [5, 5.41) is 13.8. The number of aromatic nitrogens is 1. The van der Waals surface area contributed by atoms with Crippen LogP contribution in [0.2, 0.25) is 0 Å². The van der Waals surface area contributed by atoms with Crippen molar-refractivity contribution >= 4 is 11.6 Å². The van der Waals surface area contributed by atoms with Gasteiger partial charge in [0, 0.05) is 17.4 Å². The monoisotopic (exact) mass is 388 g/mol. The fourth-order valence-electron chi connectivity index (χ4n) is 3.94. The number of rotatable bonds is 5. The van der Waals surface area contributed by atoms with E-state index in [0.717, 1.165) is 30.6 Å². The molecule has 2 aromatic carbocycles. The molecule has 0 bridgehead atoms. The molecule has 0 fully saturated rings. The van der Waals surface area contributed by atoms with E-state index >= 15 is 0 Å². The number of methoxy groups -OCH3 is 1. The third-order valence-electron chi connectivity index (χ3n) is 5.47. The lowest BCUT2D eigenvalue weighted by Gasteiger charge is -2.26. The molecule has 1 aliphatic carbocycles. The van der Waals surface area contributed by atoms with Gasteiger partial charge in [0.2, 0.25) is 5.91 Å². The summed E-state index contributed by atoms with van der Waals surface area (Å²) in [7, 11) is 1.63. The topological polar surface area (TPSA) is 71.5 Å². The fraction of sp³-hybridized carbons (Fsp3) is 0.250. The molecule has 2 N–H and O–H groups in total. The molecular weight excluding hydrogens is 364 g/mol. The molecular formula is C24H24N2O3. The van der Waals surface area contributed by atoms with Crippen molar-refractivity contribution in [2.24, 2.45) is 0 Å². The van der Waals surface area contributed by atoms with Crippen LogP contribution in [-0.2, 0) is 11.2 Å². The van der Waals surface area contributed by atoms with E-state index in [4.69, 9.17) is 4.74 Å². The van der Waals surface area contributed by atoms with E-state index in [1.54, 1.807) is 25.4 Å². The van der Waals surface area contributed by atoms with Crippen LogP contribution < -0.4 is 10.1 Å². The van der Waals surface area contributed by atoms with Crippen LogP contribution in [0.5, 0.6) is 5.75 Å². The van der Waals surface area contributed by atoms with E-state index in [2.05, 4.69) is 10.3 Å². The lowest BCUT2D eigenvalue weighted by molar-refractivity contribution is -0.117. The second-order valence-corrected chi connectivity index (χ2v) is 7.24. The second-order valence-electron chi connectivity index (χ2n) is 7.24. The summed E-state index contributed by atoms with van der Waals surface area (Å²) in [6, 6.07) is 18.7. The predicted molar refractivity (Wildman–Crippen MR) is 112 cm³/mol. The van der Waals surface area contributed by atoms with Crippen molar-refractivity contribution in [2.75, 3.05) is 12.4 Å². The number of hydrogen-bond acceptors (Lipinski definition) is 4. The van der Waals surface area contributed by atoms with Gasteiger partial charge in [-0.05, 0) is 60.7 Å². The number of nitrogens with zero attached hydrogens (tertiary/aromatic N) is 1. The lowest BCUT2D eigenvalue weighted by Crippen LogP contribution is -2.25. The van der Waals surface area contributed by atoms with Crippen molar-refractivity contribution in [1.29, 1.82) is 0 Å². The summed E-state index contributed by atoms with van der Waals surface area (Å²) in [6.45, 7) is 0. The molecule has 5 nitrogen and oxygen atoms in total. The van der Waals surface area contributed by atoms with E-state index < -0.39 is 6.10 Å². The SMILES string of the molecule is COc1ccc2c(c1)C(C(=O)Nc1ccccc1C(O)c1ccccn1)CCC2. The van der Waals surface area contributed by atoms with Crippen molar-refractivity contribution in [2.45, 2.75) is 31.3 Å². The van der Waals surface area contributed by atoms with E-state index in [9.17, 15) is 9.90 Å². The first kappa shape index (κ1) is 19.2. The first-order valence-corrected chi connectivity index (χ1v) is 9.83. The van der Waals surface area contributed by atoms with Gasteiger partial charge >= 0.3 is 0 Å². The minimum absolute atomic E-state index is 0.0696. The number of fused-ring (bicyclic) bond motifs is 1. The van der Waals surface area contributed by atoms with Crippen molar-refractivity contribution in [1.82, 2.24) is 4.98 Å². The molecule has 0 aliphatic heterocycles. The smallest absolute Gasteiger partial charge is 0.231 e. The van der Waals surface area contributed by atoms with Gasteiger partial charge in [-0.1, -0.05) is 30.3 Å². The van der Waals surface area contributed by atoms with Crippen molar-refractivity contribution in [3.63, 3.8) is 0 Å². The van der Waals surface area contributed by atoms with Crippen LogP contribution in [0.1, 0.15) is 47.2 Å². The van der Waals surface area contributed by atoms with Gasteiger partial charge in [-0.2, -0.15) is 0 Å². The predicted octanol–water partition coefficient (Wildman–Crippen LogP) is 4.23. The zero-order valence-corrected chi connectivity index (χ0v) is 16.3. The Morgan fingerprint density at radius 1 is 1.17 bits per heavy atom. The normalized spacial score (nSPS) is 16.6. The molecule has 1 heterocycles. The van der Waals surface area contributed by atoms with Crippen molar-refractivity contribution < 1.29 is 14.6 Å². The van der Waals surface area contributed by atoms with Gasteiger partial charge in [-0.25, -0.2) is 0 Å². The number of pyridine rings is 1. The number of para-hydroxylation sites is 1. The first-order valence-electron chi connectivity index (χ1n) is 9.83. The number of nitrogens with one attached hydrogen (secondary N) is 1. The minimum Gasteiger partial charge on any atom is -0.497 e. The molecule has 1 aromatic heterocycles. The number of aliphatic hydroxyl groups is 1. The molecule has 148 valence electrons. The molecule has 3 aromatic rings. The largest absolute Gasteiger partial charge is 0.497 e. The number of carbonyl (C=O) groups excluding carboxylic acids is 1. The second kappa shape index (κ2) is 8.45. The average molecular weight is 388 g/mol. The molecule has 1 amide bonds. The zero-order valence-electron chi connectivity index (χ0n) is 16.3. The summed E-state index contributed by atoms with van der Waals surface area (Å²) in [6.07, 6.45) is 3.46. The van der Waals surface area contributed by atoms with Crippen LogP contribution >= 0.6 is 0 Å². The van der Waals surface area contributed by atoms with Gasteiger partial charge in [-0.15, -0.1) is 0 Å². The number of ether oxygens (including phenoxy) is 1. The van der Waals surface area contributed by atoms with Crippen LogP contribution in [0, 0.1) is 0 Å². The van der Waals surface area contributed by atoms with E-state index in [1.165, 1.54) is 5.56 Å². The molecule has 0 saturated carbocycles. The summed E-state index contributed by atoms with van der Waals surface area (Å²) >= 11 is 0. The number of hydrogen-bond donors (Lipinski definition) is 2. The summed E-state index contributed by atoms with van der Waals surface area (Å²) in [5.41, 5.74) is 3.99. The first-order chi connectivity index (χ1) is 14.2. The number of aryl methyl sites for hydroxylation is 1. The van der Waals surface area contributed by atoms with Crippen LogP contribution in [0.25, 0.3) is 0 Å². The molecule has 0 spiro atoms. The Bertz CT molecular complexity index is 1000. The molecule has 2 unspecified atom stereocenters. The van der Waals surface area contributed by atoms with Gasteiger partial charge < -0.3 is 15.2 Å². The number of aliphatic hydroxyl groups excluding tert-OH is 1. The van der Waals surface area contributed by atoms with Crippen LogP contribution in [-0.4, -0.2) is 23.1 Å². The van der Waals surface area contributed by atoms with Crippen molar-refractivity contribution in [3.8, 4) is 5.75 Å². The van der Waals surface area contributed by atoms with Gasteiger partial charge in [0.25, 0.3) is 0 Å². The van der Waals surface area contributed by atoms with Gasteiger partial charge in [0.05, 0.1) is 18.7 Å². The molecule has 29 heavy (non-hydrogen) atoms. The maximum Gasteiger partial charge on any atom is 0.231 e. The van der Waals surface area contributed by atoms with Crippen molar-refractivity contribution in [3.05, 3.63) is 89.2 Å². The Balaban J connectivity index is 1.61. The highest BCUT2D eigenvalue weighted by atomic mass is 16.5. The minimum atomic E-state index is -0.911. The highest BCUT2D eigenvalue weighted by Gasteiger charge is 2.28. The Hall–Kier alpha value is -3.18. The Kier molecular flexibility index (Phi) is 5.58. The standard InChI is InChI=1S/C24H24N2O3/c1-29-17-13-12-16-7-6-9-18(20(16)15-17)24(28)26-21-10-3-2-8-19(21)23(27)22-11-4-5-14-25-22/h2-5,8,10-15,18,23,27H,6-7,9H2,1H3,(H,26,28).